The van der Waals surface area contributed by atoms with Crippen molar-refractivity contribution in [3.8, 4) is 0 Å². The highest BCUT2D eigenvalue weighted by molar-refractivity contribution is 8.56. The summed E-state index contributed by atoms with van der Waals surface area (Å²) in [7, 11) is 0. The molecule has 0 aromatic heterocycles. The van der Waals surface area contributed by atoms with E-state index in [0.29, 0.717) is 6.61 Å². The van der Waals surface area contributed by atoms with E-state index in [0.717, 1.165) is 17.9 Å². The molecule has 0 radical (unpaired) electrons. The van der Waals surface area contributed by atoms with Crippen LogP contribution in [0.25, 0.3) is 0 Å². The molecule has 0 aliphatic rings. The SMILES string of the molecule is CCCCSCCSP(C)(=O)OCCC. The quantitative estimate of drug-likeness (QED) is 0.431. The van der Waals surface area contributed by atoms with Gasteiger partial charge in [-0.1, -0.05) is 31.7 Å². The van der Waals surface area contributed by atoms with Crippen LogP contribution < -0.4 is 0 Å². The van der Waals surface area contributed by atoms with E-state index in [2.05, 4.69) is 6.92 Å². The fourth-order valence-electron chi connectivity index (χ4n) is 0.905. The van der Waals surface area contributed by atoms with Gasteiger partial charge in [0, 0.05) is 18.2 Å². The molecule has 0 bridgehead atoms. The van der Waals surface area contributed by atoms with Crippen LogP contribution in [0.4, 0.5) is 0 Å². The molecule has 0 heterocycles. The minimum Gasteiger partial charge on any atom is -0.321 e. The second-order valence-corrected chi connectivity index (χ2v) is 9.86. The van der Waals surface area contributed by atoms with Gasteiger partial charge in [-0.05, 0) is 18.6 Å². The van der Waals surface area contributed by atoms with E-state index in [-0.39, 0.29) is 0 Å². The maximum absolute atomic E-state index is 11.8. The summed E-state index contributed by atoms with van der Waals surface area (Å²) < 4.78 is 17.1. The molecule has 92 valence electrons. The minimum absolute atomic E-state index is 0.615. The van der Waals surface area contributed by atoms with Gasteiger partial charge in [0.15, 0.2) is 0 Å². The third-order valence-electron chi connectivity index (χ3n) is 1.73. The van der Waals surface area contributed by atoms with E-state index in [1.54, 1.807) is 6.66 Å². The lowest BCUT2D eigenvalue weighted by Gasteiger charge is -2.12. The Morgan fingerprint density at radius 1 is 1.13 bits per heavy atom. The number of unbranched alkanes of at least 4 members (excludes halogenated alkanes) is 1. The third-order valence-corrected chi connectivity index (χ3v) is 6.83. The molecule has 0 aromatic rings. The van der Waals surface area contributed by atoms with Gasteiger partial charge in [0.1, 0.15) is 0 Å². The fourth-order valence-corrected chi connectivity index (χ4v) is 5.40. The molecule has 0 spiro atoms. The number of hydrogen-bond acceptors (Lipinski definition) is 4. The molecule has 0 N–H and O–H groups in total. The standard InChI is InChI=1S/C10H23O2PS2/c1-4-6-8-14-9-10-15-13(3,11)12-7-5-2/h4-10H2,1-3H3. The Balaban J connectivity index is 3.36. The highest BCUT2D eigenvalue weighted by Gasteiger charge is 2.15. The van der Waals surface area contributed by atoms with Crippen molar-refractivity contribution in [3.63, 3.8) is 0 Å². The van der Waals surface area contributed by atoms with Gasteiger partial charge in [-0.15, -0.1) is 0 Å². The van der Waals surface area contributed by atoms with Gasteiger partial charge in [0.25, 0.3) is 6.57 Å². The molecule has 5 heteroatoms. The van der Waals surface area contributed by atoms with E-state index in [4.69, 9.17) is 4.52 Å². The average molecular weight is 270 g/mol. The predicted molar refractivity (Wildman–Crippen MR) is 74.5 cm³/mol. The van der Waals surface area contributed by atoms with Crippen LogP contribution in [0, 0.1) is 0 Å². The first kappa shape index (κ1) is 15.9. The normalized spacial score (nSPS) is 15.1. The van der Waals surface area contributed by atoms with Crippen molar-refractivity contribution < 1.29 is 9.09 Å². The van der Waals surface area contributed by atoms with E-state index in [9.17, 15) is 4.57 Å². The van der Waals surface area contributed by atoms with Gasteiger partial charge in [0.05, 0.1) is 6.61 Å². The molecule has 0 aliphatic carbocycles. The van der Waals surface area contributed by atoms with Gasteiger partial charge in [-0.2, -0.15) is 11.8 Å². The maximum Gasteiger partial charge on any atom is 0.254 e. The molecule has 0 fully saturated rings. The zero-order chi connectivity index (χ0) is 11.6. The smallest absolute Gasteiger partial charge is 0.254 e. The second kappa shape index (κ2) is 10.1. The Bertz CT molecular complexity index is 188. The number of hydrogen-bond donors (Lipinski definition) is 0. The summed E-state index contributed by atoms with van der Waals surface area (Å²) in [6.07, 6.45) is 3.47. The lowest BCUT2D eigenvalue weighted by atomic mass is 10.4. The van der Waals surface area contributed by atoms with Gasteiger partial charge in [-0.3, -0.25) is 4.57 Å². The van der Waals surface area contributed by atoms with Crippen LogP contribution in [0.5, 0.6) is 0 Å². The lowest BCUT2D eigenvalue weighted by Crippen LogP contribution is -1.91. The van der Waals surface area contributed by atoms with Crippen molar-refractivity contribution in [2.24, 2.45) is 0 Å². The van der Waals surface area contributed by atoms with Crippen molar-refractivity contribution in [1.29, 1.82) is 0 Å². The van der Waals surface area contributed by atoms with Gasteiger partial charge < -0.3 is 4.52 Å². The third kappa shape index (κ3) is 11.2. The Morgan fingerprint density at radius 3 is 2.47 bits per heavy atom. The molecule has 0 amide bonds. The van der Waals surface area contributed by atoms with Crippen LogP contribution in [-0.4, -0.2) is 30.5 Å². The predicted octanol–water partition coefficient (Wildman–Crippen LogP) is 4.50. The molecule has 1 unspecified atom stereocenters. The van der Waals surface area contributed by atoms with E-state index in [1.807, 2.05) is 18.7 Å². The summed E-state index contributed by atoms with van der Waals surface area (Å²) >= 11 is 3.43. The molecule has 2 nitrogen and oxygen atoms in total. The second-order valence-electron chi connectivity index (χ2n) is 3.40. The number of thioether (sulfide) groups is 1. The first-order chi connectivity index (χ1) is 7.12. The maximum atomic E-state index is 11.8. The summed E-state index contributed by atoms with van der Waals surface area (Å²) in [6, 6.07) is 0. The summed E-state index contributed by atoms with van der Waals surface area (Å²) in [5, 5.41) is 0. The molecule has 0 aliphatic heterocycles. The number of rotatable bonds is 10. The van der Waals surface area contributed by atoms with Gasteiger partial charge in [-0.25, -0.2) is 0 Å². The molecule has 0 saturated heterocycles. The molecular weight excluding hydrogens is 247 g/mol. The van der Waals surface area contributed by atoms with E-state index in [1.165, 1.54) is 30.0 Å². The van der Waals surface area contributed by atoms with Crippen molar-refractivity contribution in [2.45, 2.75) is 33.1 Å². The topological polar surface area (TPSA) is 26.3 Å². The molecule has 1 atom stereocenters. The molecule has 0 aromatic carbocycles. The lowest BCUT2D eigenvalue weighted by molar-refractivity contribution is 0.328. The highest BCUT2D eigenvalue weighted by atomic mass is 32.7. The molecule has 15 heavy (non-hydrogen) atoms. The minimum atomic E-state index is -2.36. The molecule has 0 saturated carbocycles. The summed E-state index contributed by atoms with van der Waals surface area (Å²) in [5.74, 6) is 3.24. The Hall–Kier alpha value is 0.890. The van der Waals surface area contributed by atoms with Crippen molar-refractivity contribution in [2.75, 3.05) is 30.5 Å². The van der Waals surface area contributed by atoms with Crippen molar-refractivity contribution >= 4 is 29.7 Å². The van der Waals surface area contributed by atoms with E-state index < -0.39 is 6.57 Å². The molecular formula is C10H23O2PS2. The fraction of sp³-hybridized carbons (Fsp3) is 1.00. The zero-order valence-corrected chi connectivity index (χ0v) is 12.6. The first-order valence-electron chi connectivity index (χ1n) is 5.56. The van der Waals surface area contributed by atoms with E-state index >= 15 is 0 Å². The van der Waals surface area contributed by atoms with Gasteiger partial charge in [0.2, 0.25) is 0 Å². The van der Waals surface area contributed by atoms with Gasteiger partial charge >= 0.3 is 0 Å². The Kier molecular flexibility index (Phi) is 10.7. The first-order valence-corrected chi connectivity index (χ1v) is 10.4. The summed E-state index contributed by atoms with van der Waals surface area (Å²) in [4.78, 5) is 0. The van der Waals surface area contributed by atoms with Crippen LogP contribution >= 0.6 is 29.7 Å². The van der Waals surface area contributed by atoms with Crippen LogP contribution in [0.2, 0.25) is 0 Å². The summed E-state index contributed by atoms with van der Waals surface area (Å²) in [5.41, 5.74) is 0. The zero-order valence-electron chi connectivity index (χ0n) is 10.0. The Morgan fingerprint density at radius 2 is 1.87 bits per heavy atom. The van der Waals surface area contributed by atoms with Crippen LogP contribution in [0.1, 0.15) is 33.1 Å². The molecule has 0 rings (SSSR count). The van der Waals surface area contributed by atoms with Crippen molar-refractivity contribution in [1.82, 2.24) is 0 Å². The Labute approximate surface area is 103 Å². The highest BCUT2D eigenvalue weighted by Crippen LogP contribution is 2.56. The summed E-state index contributed by atoms with van der Waals surface area (Å²) in [6.45, 7) is 4.22. The average Bonchev–Trinajstić information content (AvgIpc) is 2.20. The van der Waals surface area contributed by atoms with Crippen LogP contribution in [0.15, 0.2) is 0 Å². The van der Waals surface area contributed by atoms with Crippen molar-refractivity contribution in [3.05, 3.63) is 0 Å². The van der Waals surface area contributed by atoms with Crippen LogP contribution in [0.3, 0.4) is 0 Å². The monoisotopic (exact) mass is 270 g/mol. The largest absolute Gasteiger partial charge is 0.321 e. The van der Waals surface area contributed by atoms with Crippen LogP contribution in [-0.2, 0) is 9.09 Å².